The van der Waals surface area contributed by atoms with Crippen molar-refractivity contribution < 1.29 is 9.53 Å². The largest absolute Gasteiger partial charge is 0.398 e. The molecule has 0 radical (unpaired) electrons. The number of hydrogen-bond donors (Lipinski definition) is 1. The van der Waals surface area contributed by atoms with Crippen molar-refractivity contribution in [3.05, 3.63) is 29.8 Å². The molecule has 2 N–H and O–H groups in total. The van der Waals surface area contributed by atoms with Crippen LogP contribution in [0.2, 0.25) is 0 Å². The third-order valence-corrected chi connectivity index (χ3v) is 3.22. The minimum atomic E-state index is 0.156. The number of ether oxygens (including phenoxy) is 1. The Balaban J connectivity index is 2.60. The molecular formula is C16H26N2O2. The van der Waals surface area contributed by atoms with Crippen LogP contribution in [0.4, 0.5) is 5.69 Å². The maximum Gasteiger partial charge on any atom is 0.223 e. The van der Waals surface area contributed by atoms with Gasteiger partial charge in [0.05, 0.1) is 0 Å². The van der Waals surface area contributed by atoms with E-state index >= 15 is 0 Å². The van der Waals surface area contributed by atoms with Crippen molar-refractivity contribution in [3.63, 3.8) is 0 Å². The summed E-state index contributed by atoms with van der Waals surface area (Å²) in [6, 6.07) is 7.85. The van der Waals surface area contributed by atoms with Gasteiger partial charge in [-0.25, -0.2) is 0 Å². The number of carbonyl (C=O) groups excluding carboxylic acids is 1. The maximum atomic E-state index is 12.3. The molecule has 0 aliphatic heterocycles. The van der Waals surface area contributed by atoms with Crippen molar-refractivity contribution in [2.75, 3.05) is 18.9 Å². The van der Waals surface area contributed by atoms with Crippen LogP contribution in [-0.4, -0.2) is 30.1 Å². The number of hydrogen-bond acceptors (Lipinski definition) is 3. The van der Waals surface area contributed by atoms with Crippen molar-refractivity contribution in [1.82, 2.24) is 4.90 Å². The summed E-state index contributed by atoms with van der Waals surface area (Å²) >= 11 is 0. The zero-order valence-electron chi connectivity index (χ0n) is 12.8. The quantitative estimate of drug-likeness (QED) is 0.587. The third-order valence-electron chi connectivity index (χ3n) is 3.22. The van der Waals surface area contributed by atoms with E-state index in [2.05, 4.69) is 0 Å². The first-order chi connectivity index (χ1) is 9.56. The summed E-state index contributed by atoms with van der Waals surface area (Å²) < 4.78 is 5.27. The Morgan fingerprint density at radius 2 is 2.05 bits per heavy atom. The van der Waals surface area contributed by atoms with Gasteiger partial charge in [-0.05, 0) is 38.8 Å². The summed E-state index contributed by atoms with van der Waals surface area (Å²) in [7, 11) is 0. The number of nitrogens with zero attached hydrogens (tertiary/aromatic N) is 1. The molecule has 0 aromatic heterocycles. The molecule has 0 atom stereocenters. The Morgan fingerprint density at radius 3 is 2.65 bits per heavy atom. The van der Waals surface area contributed by atoms with E-state index in [9.17, 15) is 4.79 Å². The maximum absolute atomic E-state index is 12.3. The molecule has 1 aromatic carbocycles. The number of para-hydroxylation sites is 1. The van der Waals surface area contributed by atoms with Gasteiger partial charge in [-0.15, -0.1) is 0 Å². The second kappa shape index (κ2) is 8.59. The van der Waals surface area contributed by atoms with Crippen molar-refractivity contribution in [3.8, 4) is 0 Å². The number of anilines is 1. The standard InChI is InChI=1S/C16H26N2O2/c1-4-20-11-7-10-16(19)18(13(2)3)12-14-8-5-6-9-15(14)17/h5-6,8-9,13H,4,7,10-12,17H2,1-3H3. The predicted octanol–water partition coefficient (Wildman–Crippen LogP) is 2.82. The van der Waals surface area contributed by atoms with Crippen molar-refractivity contribution >= 4 is 11.6 Å². The number of nitrogen functional groups attached to an aromatic ring is 1. The van der Waals surface area contributed by atoms with Gasteiger partial charge in [-0.2, -0.15) is 0 Å². The Morgan fingerprint density at radius 1 is 1.35 bits per heavy atom. The van der Waals surface area contributed by atoms with E-state index in [4.69, 9.17) is 10.5 Å². The van der Waals surface area contributed by atoms with Crippen LogP contribution in [0.25, 0.3) is 0 Å². The van der Waals surface area contributed by atoms with Gasteiger partial charge in [0.1, 0.15) is 0 Å². The van der Waals surface area contributed by atoms with Gasteiger partial charge in [0, 0.05) is 37.9 Å². The molecule has 0 unspecified atom stereocenters. The molecule has 0 spiro atoms. The van der Waals surface area contributed by atoms with E-state index in [1.807, 2.05) is 49.9 Å². The summed E-state index contributed by atoms with van der Waals surface area (Å²) in [6.07, 6.45) is 1.28. The van der Waals surface area contributed by atoms with Crippen molar-refractivity contribution in [1.29, 1.82) is 0 Å². The highest BCUT2D eigenvalue weighted by molar-refractivity contribution is 5.76. The fourth-order valence-electron chi connectivity index (χ4n) is 2.03. The first kappa shape index (κ1) is 16.5. The second-order valence-corrected chi connectivity index (χ2v) is 5.11. The highest BCUT2D eigenvalue weighted by Crippen LogP contribution is 2.16. The third kappa shape index (κ3) is 5.21. The van der Waals surface area contributed by atoms with E-state index in [0.717, 1.165) is 17.7 Å². The Kier molecular flexibility index (Phi) is 7.09. The van der Waals surface area contributed by atoms with E-state index in [1.54, 1.807) is 0 Å². The molecule has 112 valence electrons. The van der Waals surface area contributed by atoms with E-state index in [-0.39, 0.29) is 11.9 Å². The van der Waals surface area contributed by atoms with Gasteiger partial charge in [0.15, 0.2) is 0 Å². The van der Waals surface area contributed by atoms with E-state index < -0.39 is 0 Å². The lowest BCUT2D eigenvalue weighted by Crippen LogP contribution is -2.36. The fraction of sp³-hybridized carbons (Fsp3) is 0.562. The molecule has 0 fully saturated rings. The average molecular weight is 278 g/mol. The highest BCUT2D eigenvalue weighted by atomic mass is 16.5. The number of carbonyl (C=O) groups is 1. The molecule has 0 aliphatic rings. The number of rotatable bonds is 8. The van der Waals surface area contributed by atoms with Gasteiger partial charge in [-0.1, -0.05) is 18.2 Å². The van der Waals surface area contributed by atoms with Gasteiger partial charge < -0.3 is 15.4 Å². The molecule has 4 nitrogen and oxygen atoms in total. The van der Waals surface area contributed by atoms with Crippen LogP contribution in [0, 0.1) is 0 Å². The summed E-state index contributed by atoms with van der Waals surface area (Å²) in [6.45, 7) is 7.92. The molecule has 1 rings (SSSR count). The highest BCUT2D eigenvalue weighted by Gasteiger charge is 2.17. The zero-order chi connectivity index (χ0) is 15.0. The summed E-state index contributed by atoms with van der Waals surface area (Å²) in [4.78, 5) is 14.2. The first-order valence-electron chi connectivity index (χ1n) is 7.26. The Bertz CT molecular complexity index is 419. The molecule has 1 aromatic rings. The molecule has 0 saturated carbocycles. The summed E-state index contributed by atoms with van der Waals surface area (Å²) in [5.41, 5.74) is 7.69. The number of nitrogens with two attached hydrogens (primary N) is 1. The van der Waals surface area contributed by atoms with E-state index in [0.29, 0.717) is 26.2 Å². The van der Waals surface area contributed by atoms with Crippen LogP contribution in [-0.2, 0) is 16.1 Å². The average Bonchev–Trinajstić information content (AvgIpc) is 2.42. The van der Waals surface area contributed by atoms with Crippen LogP contribution in [0.15, 0.2) is 24.3 Å². The lowest BCUT2D eigenvalue weighted by atomic mass is 10.1. The molecule has 20 heavy (non-hydrogen) atoms. The molecular weight excluding hydrogens is 252 g/mol. The number of benzene rings is 1. The van der Waals surface area contributed by atoms with Gasteiger partial charge in [0.2, 0.25) is 5.91 Å². The minimum Gasteiger partial charge on any atom is -0.398 e. The van der Waals surface area contributed by atoms with Crippen LogP contribution < -0.4 is 5.73 Å². The Hall–Kier alpha value is -1.55. The summed E-state index contributed by atoms with van der Waals surface area (Å²) in [5.74, 6) is 0.156. The lowest BCUT2D eigenvalue weighted by molar-refractivity contribution is -0.133. The van der Waals surface area contributed by atoms with E-state index in [1.165, 1.54) is 0 Å². The molecule has 0 bridgehead atoms. The predicted molar refractivity (Wildman–Crippen MR) is 82.3 cm³/mol. The van der Waals surface area contributed by atoms with Gasteiger partial charge in [-0.3, -0.25) is 4.79 Å². The second-order valence-electron chi connectivity index (χ2n) is 5.11. The SMILES string of the molecule is CCOCCCC(=O)N(Cc1ccccc1N)C(C)C. The Labute approximate surface area is 121 Å². The van der Waals surface area contributed by atoms with Crippen LogP contribution >= 0.6 is 0 Å². The van der Waals surface area contributed by atoms with Gasteiger partial charge in [0.25, 0.3) is 0 Å². The zero-order valence-corrected chi connectivity index (χ0v) is 12.8. The minimum absolute atomic E-state index is 0.156. The van der Waals surface area contributed by atoms with Crippen molar-refractivity contribution in [2.45, 2.75) is 46.2 Å². The van der Waals surface area contributed by atoms with Gasteiger partial charge >= 0.3 is 0 Å². The van der Waals surface area contributed by atoms with Crippen LogP contribution in [0.5, 0.6) is 0 Å². The molecule has 1 amide bonds. The molecule has 0 heterocycles. The first-order valence-corrected chi connectivity index (χ1v) is 7.26. The van der Waals surface area contributed by atoms with Crippen molar-refractivity contribution in [2.24, 2.45) is 0 Å². The lowest BCUT2D eigenvalue weighted by Gasteiger charge is -2.27. The molecule has 0 saturated heterocycles. The van der Waals surface area contributed by atoms with Crippen LogP contribution in [0.1, 0.15) is 39.2 Å². The summed E-state index contributed by atoms with van der Waals surface area (Å²) in [5, 5.41) is 0. The fourth-order valence-corrected chi connectivity index (χ4v) is 2.03. The number of amides is 1. The smallest absolute Gasteiger partial charge is 0.223 e. The topological polar surface area (TPSA) is 55.6 Å². The normalized spacial score (nSPS) is 10.8. The molecule has 4 heteroatoms. The van der Waals surface area contributed by atoms with Crippen LogP contribution in [0.3, 0.4) is 0 Å². The monoisotopic (exact) mass is 278 g/mol. The molecule has 0 aliphatic carbocycles.